The van der Waals surface area contributed by atoms with Crippen molar-refractivity contribution in [2.45, 2.75) is 163 Å². The molecule has 0 aliphatic heterocycles. The monoisotopic (exact) mass is 470 g/mol. The van der Waals surface area contributed by atoms with Gasteiger partial charge in [-0.25, -0.2) is 0 Å². The summed E-state index contributed by atoms with van der Waals surface area (Å²) in [5, 5.41) is 17.9. The largest absolute Gasteiger partial charge is 0.481 e. The fourth-order valence-corrected chi connectivity index (χ4v) is 4.09. The predicted octanol–water partition coefficient (Wildman–Crippen LogP) is 9.65. The molecule has 0 radical (unpaired) electrons. The van der Waals surface area contributed by atoms with E-state index in [1.807, 2.05) is 0 Å². The summed E-state index contributed by atoms with van der Waals surface area (Å²) in [6.07, 6.45) is 25.0. The van der Waals surface area contributed by atoms with E-state index in [0.717, 1.165) is 38.5 Å². The Balaban J connectivity index is 0. The van der Waals surface area contributed by atoms with Crippen LogP contribution in [-0.4, -0.2) is 22.2 Å². The first-order chi connectivity index (χ1) is 15.9. The SMILES string of the molecule is CCCCCCCCCC(C)C(=O)O.CCCCCCCCCC(CCCCCC)C(=O)O. The Morgan fingerprint density at radius 3 is 1.12 bits per heavy atom. The van der Waals surface area contributed by atoms with Crippen LogP contribution in [0.5, 0.6) is 0 Å². The molecule has 0 aliphatic carbocycles. The van der Waals surface area contributed by atoms with Crippen LogP contribution < -0.4 is 0 Å². The molecular weight excluding hydrogens is 412 g/mol. The van der Waals surface area contributed by atoms with E-state index in [9.17, 15) is 14.7 Å². The van der Waals surface area contributed by atoms with Gasteiger partial charge in [0.1, 0.15) is 0 Å². The third kappa shape index (κ3) is 27.1. The zero-order chi connectivity index (χ0) is 25.2. The van der Waals surface area contributed by atoms with Gasteiger partial charge in [-0.3, -0.25) is 9.59 Å². The van der Waals surface area contributed by atoms with Gasteiger partial charge in [0.15, 0.2) is 0 Å². The molecule has 198 valence electrons. The molecule has 0 spiro atoms. The van der Waals surface area contributed by atoms with Crippen LogP contribution in [0.2, 0.25) is 0 Å². The second-order valence-electron chi connectivity index (χ2n) is 9.94. The summed E-state index contributed by atoms with van der Waals surface area (Å²) < 4.78 is 0. The minimum Gasteiger partial charge on any atom is -0.481 e. The van der Waals surface area contributed by atoms with Crippen molar-refractivity contribution in [1.82, 2.24) is 0 Å². The molecule has 0 aromatic carbocycles. The number of carboxylic acid groups (broad SMARTS) is 2. The molecule has 33 heavy (non-hydrogen) atoms. The van der Waals surface area contributed by atoms with E-state index in [0.29, 0.717) is 0 Å². The van der Waals surface area contributed by atoms with Crippen molar-refractivity contribution < 1.29 is 19.8 Å². The van der Waals surface area contributed by atoms with Crippen molar-refractivity contribution >= 4 is 11.9 Å². The lowest BCUT2D eigenvalue weighted by atomic mass is 9.94. The van der Waals surface area contributed by atoms with Crippen LogP contribution in [-0.2, 0) is 9.59 Å². The van der Waals surface area contributed by atoms with Crippen LogP contribution in [0, 0.1) is 11.8 Å². The van der Waals surface area contributed by atoms with Gasteiger partial charge < -0.3 is 10.2 Å². The van der Waals surface area contributed by atoms with Gasteiger partial charge in [-0.15, -0.1) is 0 Å². The van der Waals surface area contributed by atoms with Crippen LogP contribution >= 0.6 is 0 Å². The third-order valence-electron chi connectivity index (χ3n) is 6.57. The van der Waals surface area contributed by atoms with Crippen LogP contribution in [0.4, 0.5) is 0 Å². The van der Waals surface area contributed by atoms with Crippen molar-refractivity contribution in [2.75, 3.05) is 0 Å². The maximum Gasteiger partial charge on any atom is 0.306 e. The molecule has 0 aliphatic rings. The van der Waals surface area contributed by atoms with E-state index in [-0.39, 0.29) is 11.8 Å². The van der Waals surface area contributed by atoms with Gasteiger partial charge in [-0.2, -0.15) is 0 Å². The summed E-state index contributed by atoms with van der Waals surface area (Å²) in [5.41, 5.74) is 0. The summed E-state index contributed by atoms with van der Waals surface area (Å²) >= 11 is 0. The van der Waals surface area contributed by atoms with Gasteiger partial charge in [0, 0.05) is 0 Å². The van der Waals surface area contributed by atoms with Gasteiger partial charge in [0.25, 0.3) is 0 Å². The van der Waals surface area contributed by atoms with Gasteiger partial charge >= 0.3 is 11.9 Å². The minimum atomic E-state index is -0.656. The zero-order valence-electron chi connectivity index (χ0n) is 22.7. The molecule has 0 amide bonds. The summed E-state index contributed by atoms with van der Waals surface area (Å²) in [5.74, 6) is -1.49. The smallest absolute Gasteiger partial charge is 0.306 e. The van der Waals surface area contributed by atoms with E-state index < -0.39 is 11.9 Å². The normalized spacial score (nSPS) is 12.6. The van der Waals surface area contributed by atoms with Crippen LogP contribution in [0.1, 0.15) is 163 Å². The highest BCUT2D eigenvalue weighted by Crippen LogP contribution is 2.19. The molecule has 2 N–H and O–H groups in total. The highest BCUT2D eigenvalue weighted by atomic mass is 16.4. The molecule has 0 bridgehead atoms. The summed E-state index contributed by atoms with van der Waals surface area (Å²) in [6.45, 7) is 8.43. The van der Waals surface area contributed by atoms with Crippen molar-refractivity contribution in [3.05, 3.63) is 0 Å². The molecule has 0 rings (SSSR count). The number of hydrogen-bond acceptors (Lipinski definition) is 2. The Bertz CT molecular complexity index is 422. The second kappa shape index (κ2) is 27.2. The number of carboxylic acids is 2. The van der Waals surface area contributed by atoms with Gasteiger partial charge in [-0.1, -0.05) is 143 Å². The molecule has 4 heteroatoms. The summed E-state index contributed by atoms with van der Waals surface area (Å²) in [7, 11) is 0. The predicted molar refractivity (Wildman–Crippen MR) is 142 cm³/mol. The van der Waals surface area contributed by atoms with Gasteiger partial charge in [-0.05, 0) is 19.3 Å². The average Bonchev–Trinajstić information content (AvgIpc) is 2.79. The molecule has 2 unspecified atom stereocenters. The molecule has 0 heterocycles. The Hall–Kier alpha value is -1.06. The molecule has 0 fully saturated rings. The summed E-state index contributed by atoms with van der Waals surface area (Å²) in [6, 6.07) is 0. The number of hydrogen-bond donors (Lipinski definition) is 2. The number of aliphatic carboxylic acids is 2. The molecular formula is C29H58O4. The van der Waals surface area contributed by atoms with E-state index in [1.54, 1.807) is 6.92 Å². The number of carbonyl (C=O) groups is 2. The fourth-order valence-electron chi connectivity index (χ4n) is 4.09. The van der Waals surface area contributed by atoms with E-state index in [2.05, 4.69) is 20.8 Å². The first-order valence-corrected chi connectivity index (χ1v) is 14.4. The first kappa shape index (κ1) is 34.1. The fraction of sp³-hybridized carbons (Fsp3) is 0.931. The molecule has 2 atom stereocenters. The van der Waals surface area contributed by atoms with Crippen molar-refractivity contribution in [1.29, 1.82) is 0 Å². The minimum absolute atomic E-state index is 0.0903. The Kier molecular flexibility index (Phi) is 28.1. The highest BCUT2D eigenvalue weighted by Gasteiger charge is 2.16. The lowest BCUT2D eigenvalue weighted by Gasteiger charge is -2.11. The number of unbranched alkanes of at least 4 members (excludes halogenated alkanes) is 15. The Morgan fingerprint density at radius 2 is 0.788 bits per heavy atom. The van der Waals surface area contributed by atoms with Crippen molar-refractivity contribution in [3.8, 4) is 0 Å². The quantitative estimate of drug-likeness (QED) is 0.146. The zero-order valence-corrected chi connectivity index (χ0v) is 22.7. The van der Waals surface area contributed by atoms with Crippen LogP contribution in [0.15, 0.2) is 0 Å². The van der Waals surface area contributed by atoms with Gasteiger partial charge in [0.05, 0.1) is 11.8 Å². The first-order valence-electron chi connectivity index (χ1n) is 14.4. The lowest BCUT2D eigenvalue weighted by molar-refractivity contribution is -0.142. The van der Waals surface area contributed by atoms with Crippen molar-refractivity contribution in [3.63, 3.8) is 0 Å². The van der Waals surface area contributed by atoms with E-state index >= 15 is 0 Å². The highest BCUT2D eigenvalue weighted by molar-refractivity contribution is 5.70. The molecule has 0 aromatic heterocycles. The van der Waals surface area contributed by atoms with Crippen LogP contribution in [0.25, 0.3) is 0 Å². The maximum absolute atomic E-state index is 11.2. The maximum atomic E-state index is 11.2. The number of rotatable bonds is 23. The lowest BCUT2D eigenvalue weighted by Crippen LogP contribution is -2.13. The molecule has 0 saturated heterocycles. The summed E-state index contributed by atoms with van der Waals surface area (Å²) in [4.78, 5) is 21.7. The van der Waals surface area contributed by atoms with Crippen molar-refractivity contribution in [2.24, 2.45) is 11.8 Å². The second-order valence-corrected chi connectivity index (χ2v) is 9.94. The third-order valence-corrected chi connectivity index (χ3v) is 6.57. The molecule has 4 nitrogen and oxygen atoms in total. The standard InChI is InChI=1S/C17H34O2.C12H24O2/c1-3-5-7-9-10-11-13-15-16(17(18)19)14-12-8-6-4-2;1-3-4-5-6-7-8-9-10-11(2)12(13)14/h16H,3-15H2,1-2H3,(H,18,19);11H,3-10H2,1-2H3,(H,13,14). The molecule has 0 aromatic rings. The Labute approximate surface area is 206 Å². The topological polar surface area (TPSA) is 74.6 Å². The van der Waals surface area contributed by atoms with E-state index in [1.165, 1.54) is 96.3 Å². The van der Waals surface area contributed by atoms with E-state index in [4.69, 9.17) is 5.11 Å². The Morgan fingerprint density at radius 1 is 0.485 bits per heavy atom. The van der Waals surface area contributed by atoms with Gasteiger partial charge in [0.2, 0.25) is 0 Å². The molecule has 0 saturated carbocycles. The average molecular weight is 471 g/mol. The van der Waals surface area contributed by atoms with Crippen LogP contribution in [0.3, 0.4) is 0 Å².